The molecule has 2 aromatic rings. The van der Waals surface area contributed by atoms with Crippen LogP contribution in [0.15, 0.2) is 48.5 Å². The van der Waals surface area contributed by atoms with Crippen molar-refractivity contribution in [2.45, 2.75) is 32.9 Å². The lowest BCUT2D eigenvalue weighted by Crippen LogP contribution is -2.46. The average molecular weight is 371 g/mol. The standard InChI is InChI=1S/C21H26N2O2S/c1-15-7-9-17(10-8-15)14-22-21(25)19(11-12-26-3)23-20(24)18-6-4-5-16(2)13-18/h4-10,13,19H,11-12,14H2,1-3H3,(H,22,25)(H,23,24). The van der Waals surface area contributed by atoms with E-state index in [-0.39, 0.29) is 11.8 Å². The molecule has 0 aliphatic carbocycles. The molecule has 4 nitrogen and oxygen atoms in total. The van der Waals surface area contributed by atoms with Crippen molar-refractivity contribution in [3.8, 4) is 0 Å². The maximum atomic E-state index is 12.6. The molecule has 0 fully saturated rings. The van der Waals surface area contributed by atoms with Gasteiger partial charge in [-0.3, -0.25) is 9.59 Å². The largest absolute Gasteiger partial charge is 0.350 e. The van der Waals surface area contributed by atoms with Crippen LogP contribution >= 0.6 is 11.8 Å². The number of carbonyl (C=O) groups is 2. The van der Waals surface area contributed by atoms with Gasteiger partial charge in [-0.1, -0.05) is 47.5 Å². The number of nitrogens with one attached hydrogen (secondary N) is 2. The van der Waals surface area contributed by atoms with Crippen LogP contribution in [0.5, 0.6) is 0 Å². The predicted molar refractivity (Wildman–Crippen MR) is 108 cm³/mol. The van der Waals surface area contributed by atoms with Gasteiger partial charge in [0.2, 0.25) is 5.91 Å². The van der Waals surface area contributed by atoms with Gasteiger partial charge in [-0.05, 0) is 50.0 Å². The smallest absolute Gasteiger partial charge is 0.251 e. The number of thioether (sulfide) groups is 1. The Morgan fingerprint density at radius 2 is 1.77 bits per heavy atom. The highest BCUT2D eigenvalue weighted by Crippen LogP contribution is 2.07. The average Bonchev–Trinajstić information content (AvgIpc) is 2.64. The molecule has 1 atom stereocenters. The zero-order valence-corrected chi connectivity index (χ0v) is 16.4. The quantitative estimate of drug-likeness (QED) is 0.748. The minimum absolute atomic E-state index is 0.152. The summed E-state index contributed by atoms with van der Waals surface area (Å²) in [7, 11) is 0. The topological polar surface area (TPSA) is 58.2 Å². The third-order valence-corrected chi connectivity index (χ3v) is 4.74. The van der Waals surface area contributed by atoms with E-state index >= 15 is 0 Å². The van der Waals surface area contributed by atoms with E-state index in [9.17, 15) is 9.59 Å². The molecule has 5 heteroatoms. The van der Waals surface area contributed by atoms with Gasteiger partial charge in [-0.15, -0.1) is 0 Å². The molecule has 2 rings (SSSR count). The first-order valence-electron chi connectivity index (χ1n) is 8.69. The van der Waals surface area contributed by atoms with Gasteiger partial charge in [-0.2, -0.15) is 11.8 Å². The zero-order valence-electron chi connectivity index (χ0n) is 15.5. The van der Waals surface area contributed by atoms with Crippen molar-refractivity contribution >= 4 is 23.6 Å². The van der Waals surface area contributed by atoms with Gasteiger partial charge in [0, 0.05) is 12.1 Å². The molecule has 0 saturated heterocycles. The molecule has 0 heterocycles. The summed E-state index contributed by atoms with van der Waals surface area (Å²) in [4.78, 5) is 25.1. The fraction of sp³-hybridized carbons (Fsp3) is 0.333. The molecule has 0 aliphatic rings. The second-order valence-corrected chi connectivity index (χ2v) is 7.37. The van der Waals surface area contributed by atoms with Crippen molar-refractivity contribution in [2.24, 2.45) is 0 Å². The summed E-state index contributed by atoms with van der Waals surface area (Å²) in [6, 6.07) is 14.9. The van der Waals surface area contributed by atoms with E-state index in [1.54, 1.807) is 17.8 Å². The molecule has 2 N–H and O–H groups in total. The highest BCUT2D eigenvalue weighted by molar-refractivity contribution is 7.98. The van der Waals surface area contributed by atoms with Crippen molar-refractivity contribution in [3.05, 3.63) is 70.8 Å². The minimum Gasteiger partial charge on any atom is -0.350 e. The van der Waals surface area contributed by atoms with Gasteiger partial charge in [-0.25, -0.2) is 0 Å². The van der Waals surface area contributed by atoms with Crippen molar-refractivity contribution in [3.63, 3.8) is 0 Å². The Balaban J connectivity index is 1.99. The minimum atomic E-state index is -0.541. The van der Waals surface area contributed by atoms with Crippen molar-refractivity contribution in [1.82, 2.24) is 10.6 Å². The van der Waals surface area contributed by atoms with Crippen LogP contribution in [0.25, 0.3) is 0 Å². The molecule has 0 spiro atoms. The highest BCUT2D eigenvalue weighted by Gasteiger charge is 2.21. The fourth-order valence-electron chi connectivity index (χ4n) is 2.55. The lowest BCUT2D eigenvalue weighted by atomic mass is 10.1. The molecule has 0 radical (unpaired) electrons. The Bertz CT molecular complexity index is 744. The summed E-state index contributed by atoms with van der Waals surface area (Å²) < 4.78 is 0. The SMILES string of the molecule is CSCCC(NC(=O)c1cccc(C)c1)C(=O)NCc1ccc(C)cc1. The number of carbonyl (C=O) groups excluding carboxylic acids is 2. The molecule has 1 unspecified atom stereocenters. The molecule has 26 heavy (non-hydrogen) atoms. The summed E-state index contributed by atoms with van der Waals surface area (Å²) in [6.07, 6.45) is 2.59. The lowest BCUT2D eigenvalue weighted by Gasteiger charge is -2.18. The molecule has 0 aromatic heterocycles. The molecule has 0 aliphatic heterocycles. The van der Waals surface area contributed by atoms with Gasteiger partial charge in [0.05, 0.1) is 0 Å². The van der Waals surface area contributed by atoms with Crippen molar-refractivity contribution in [2.75, 3.05) is 12.0 Å². The molecular weight excluding hydrogens is 344 g/mol. The third kappa shape index (κ3) is 6.23. The summed E-state index contributed by atoms with van der Waals surface area (Å²) in [6.45, 7) is 4.42. The lowest BCUT2D eigenvalue weighted by molar-refractivity contribution is -0.123. The van der Waals surface area contributed by atoms with Gasteiger partial charge in [0.25, 0.3) is 5.91 Å². The fourth-order valence-corrected chi connectivity index (χ4v) is 3.02. The Morgan fingerprint density at radius 3 is 2.42 bits per heavy atom. The van der Waals surface area contributed by atoms with E-state index in [0.29, 0.717) is 18.5 Å². The maximum absolute atomic E-state index is 12.6. The van der Waals surface area contributed by atoms with E-state index < -0.39 is 6.04 Å². The van der Waals surface area contributed by atoms with Crippen molar-refractivity contribution < 1.29 is 9.59 Å². The summed E-state index contributed by atoms with van der Waals surface area (Å²) in [5.41, 5.74) is 3.81. The Morgan fingerprint density at radius 1 is 1.04 bits per heavy atom. The molecule has 0 bridgehead atoms. The molecule has 138 valence electrons. The van der Waals surface area contributed by atoms with Crippen LogP contribution in [0.4, 0.5) is 0 Å². The first kappa shape index (κ1) is 20.0. The van der Waals surface area contributed by atoms with Crippen LogP contribution in [-0.4, -0.2) is 29.9 Å². The van der Waals surface area contributed by atoms with Crippen molar-refractivity contribution in [1.29, 1.82) is 0 Å². The second kappa shape index (κ2) is 10.0. The Labute approximate surface area is 159 Å². The number of amides is 2. The van der Waals surface area contributed by atoms with E-state index in [2.05, 4.69) is 10.6 Å². The Kier molecular flexibility index (Phi) is 7.73. The first-order valence-corrected chi connectivity index (χ1v) is 10.1. The van der Waals surface area contributed by atoms with Crippen LogP contribution < -0.4 is 10.6 Å². The van der Waals surface area contributed by atoms with E-state index in [0.717, 1.165) is 16.9 Å². The summed E-state index contributed by atoms with van der Waals surface area (Å²) in [5, 5.41) is 5.81. The van der Waals surface area contributed by atoms with Gasteiger partial charge in [0.15, 0.2) is 0 Å². The Hall–Kier alpha value is -2.27. The maximum Gasteiger partial charge on any atom is 0.251 e. The zero-order chi connectivity index (χ0) is 18.9. The van der Waals surface area contributed by atoms with E-state index in [1.165, 1.54) is 5.56 Å². The number of benzene rings is 2. The van der Waals surface area contributed by atoms with E-state index in [4.69, 9.17) is 0 Å². The number of rotatable bonds is 8. The molecular formula is C21H26N2O2S. The number of hydrogen-bond donors (Lipinski definition) is 2. The van der Waals surface area contributed by atoms with Gasteiger partial charge >= 0.3 is 0 Å². The molecule has 2 amide bonds. The van der Waals surface area contributed by atoms with Gasteiger partial charge in [0.1, 0.15) is 6.04 Å². The van der Waals surface area contributed by atoms with Gasteiger partial charge < -0.3 is 10.6 Å². The van der Waals surface area contributed by atoms with Crippen LogP contribution in [0, 0.1) is 13.8 Å². The monoisotopic (exact) mass is 370 g/mol. The second-order valence-electron chi connectivity index (χ2n) is 6.38. The molecule has 2 aromatic carbocycles. The van der Waals surface area contributed by atoms with Crippen LogP contribution in [0.1, 0.15) is 33.5 Å². The summed E-state index contributed by atoms with van der Waals surface area (Å²) in [5.74, 6) is 0.433. The number of aryl methyl sites for hydroxylation is 2. The van der Waals surface area contributed by atoms with Crippen LogP contribution in [0.2, 0.25) is 0 Å². The third-order valence-electron chi connectivity index (χ3n) is 4.10. The highest BCUT2D eigenvalue weighted by atomic mass is 32.2. The molecule has 0 saturated carbocycles. The van der Waals surface area contributed by atoms with Crippen LogP contribution in [-0.2, 0) is 11.3 Å². The number of hydrogen-bond acceptors (Lipinski definition) is 3. The predicted octanol–water partition coefficient (Wildman–Crippen LogP) is 3.47. The van der Waals surface area contributed by atoms with Crippen LogP contribution in [0.3, 0.4) is 0 Å². The van der Waals surface area contributed by atoms with E-state index in [1.807, 2.05) is 62.6 Å². The first-order chi connectivity index (χ1) is 12.5. The normalized spacial score (nSPS) is 11.7. The summed E-state index contributed by atoms with van der Waals surface area (Å²) >= 11 is 1.66.